The number of aryl methyl sites for hydroxylation is 1. The molecular formula is C18H20N2O3S. The number of carbonyl (C=O) groups excluding carboxylic acids is 1. The third-order valence-electron chi connectivity index (χ3n) is 4.31. The minimum Gasteiger partial charge on any atom is -0.308 e. The molecule has 0 saturated heterocycles. The van der Waals surface area contributed by atoms with Crippen molar-refractivity contribution in [3.8, 4) is 0 Å². The second-order valence-electron chi connectivity index (χ2n) is 5.97. The Morgan fingerprint density at radius 3 is 2.62 bits per heavy atom. The molecule has 1 aliphatic rings. The smallest absolute Gasteiger partial charge is 0.258 e. The molecule has 0 fully saturated rings. The first kappa shape index (κ1) is 16.5. The van der Waals surface area contributed by atoms with Crippen LogP contribution in [-0.2, 0) is 16.4 Å². The van der Waals surface area contributed by atoms with Gasteiger partial charge in [0.15, 0.2) is 0 Å². The van der Waals surface area contributed by atoms with Crippen molar-refractivity contribution < 1.29 is 13.2 Å². The van der Waals surface area contributed by atoms with Gasteiger partial charge in [-0.1, -0.05) is 24.3 Å². The third kappa shape index (κ3) is 3.14. The molecule has 1 heterocycles. The van der Waals surface area contributed by atoms with Crippen molar-refractivity contribution in [3.05, 3.63) is 59.7 Å². The summed E-state index contributed by atoms with van der Waals surface area (Å²) in [5.74, 6) is -0.106. The summed E-state index contributed by atoms with van der Waals surface area (Å²) in [7, 11) is -1.88. The van der Waals surface area contributed by atoms with Crippen molar-refractivity contribution in [2.75, 3.05) is 29.1 Å². The predicted octanol–water partition coefficient (Wildman–Crippen LogP) is 2.68. The molecule has 1 aliphatic heterocycles. The van der Waals surface area contributed by atoms with Gasteiger partial charge >= 0.3 is 0 Å². The molecule has 24 heavy (non-hydrogen) atoms. The van der Waals surface area contributed by atoms with E-state index >= 15 is 0 Å². The molecule has 0 atom stereocenters. The van der Waals surface area contributed by atoms with Gasteiger partial charge in [0, 0.05) is 24.8 Å². The monoisotopic (exact) mass is 344 g/mol. The van der Waals surface area contributed by atoms with Gasteiger partial charge in [-0.15, -0.1) is 0 Å². The molecule has 3 rings (SSSR count). The Balaban J connectivity index is 1.95. The lowest BCUT2D eigenvalue weighted by molar-refractivity contribution is 0.0985. The van der Waals surface area contributed by atoms with E-state index in [9.17, 15) is 13.2 Å². The number of anilines is 2. The average Bonchev–Trinajstić information content (AvgIpc) is 2.59. The molecule has 0 aliphatic carbocycles. The molecule has 6 heteroatoms. The lowest BCUT2D eigenvalue weighted by atomic mass is 10.0. The number of hydrogen-bond donors (Lipinski definition) is 0. The Hall–Kier alpha value is -2.34. The molecule has 0 N–H and O–H groups in total. The average molecular weight is 344 g/mol. The summed E-state index contributed by atoms with van der Waals surface area (Å²) in [4.78, 5) is 14.7. The largest absolute Gasteiger partial charge is 0.308 e. The normalized spacial score (nSPS) is 14.2. The van der Waals surface area contributed by atoms with Gasteiger partial charge in [0.1, 0.15) is 0 Å². The van der Waals surface area contributed by atoms with Gasteiger partial charge < -0.3 is 4.90 Å². The molecule has 0 bridgehead atoms. The fourth-order valence-electron chi connectivity index (χ4n) is 2.93. The Morgan fingerprint density at radius 1 is 1.12 bits per heavy atom. The zero-order chi connectivity index (χ0) is 17.3. The summed E-state index contributed by atoms with van der Waals surface area (Å²) in [6, 6.07) is 14.6. The molecule has 126 valence electrons. The van der Waals surface area contributed by atoms with Gasteiger partial charge in [0.2, 0.25) is 10.0 Å². The maximum atomic E-state index is 12.9. The van der Waals surface area contributed by atoms with Crippen molar-refractivity contribution in [1.29, 1.82) is 0 Å². The molecule has 2 aromatic carbocycles. The second kappa shape index (κ2) is 6.28. The molecule has 0 unspecified atom stereocenters. The fraction of sp³-hybridized carbons (Fsp3) is 0.278. The number of carbonyl (C=O) groups is 1. The number of para-hydroxylation sites is 1. The third-order valence-corrected chi connectivity index (χ3v) is 5.52. The number of hydrogen-bond acceptors (Lipinski definition) is 3. The van der Waals surface area contributed by atoms with Gasteiger partial charge in [-0.2, -0.15) is 0 Å². The second-order valence-corrected chi connectivity index (χ2v) is 7.98. The quantitative estimate of drug-likeness (QED) is 0.860. The van der Waals surface area contributed by atoms with E-state index in [1.165, 1.54) is 16.9 Å². The number of nitrogens with zero attached hydrogens (tertiary/aromatic N) is 2. The Kier molecular flexibility index (Phi) is 4.32. The molecule has 0 aromatic heterocycles. The van der Waals surface area contributed by atoms with E-state index in [1.807, 2.05) is 24.3 Å². The summed E-state index contributed by atoms with van der Waals surface area (Å²) in [6.07, 6.45) is 3.03. The van der Waals surface area contributed by atoms with Crippen molar-refractivity contribution >= 4 is 27.3 Å². The molecule has 5 nitrogen and oxygen atoms in total. The van der Waals surface area contributed by atoms with Crippen LogP contribution < -0.4 is 9.21 Å². The summed E-state index contributed by atoms with van der Waals surface area (Å²) in [5.41, 5.74) is 3.07. The van der Waals surface area contributed by atoms with E-state index in [1.54, 1.807) is 29.2 Å². The van der Waals surface area contributed by atoms with E-state index < -0.39 is 10.0 Å². The highest BCUT2D eigenvalue weighted by atomic mass is 32.2. The lowest BCUT2D eigenvalue weighted by Gasteiger charge is -2.29. The van der Waals surface area contributed by atoms with Crippen molar-refractivity contribution in [2.45, 2.75) is 12.8 Å². The van der Waals surface area contributed by atoms with Gasteiger partial charge in [0.05, 0.1) is 11.9 Å². The van der Waals surface area contributed by atoms with Crippen LogP contribution in [0.25, 0.3) is 0 Å². The van der Waals surface area contributed by atoms with Gasteiger partial charge in [-0.3, -0.25) is 9.10 Å². The van der Waals surface area contributed by atoms with Crippen LogP contribution in [0.15, 0.2) is 48.5 Å². The van der Waals surface area contributed by atoms with Gasteiger partial charge in [-0.05, 0) is 42.7 Å². The van der Waals surface area contributed by atoms with Crippen molar-refractivity contribution in [1.82, 2.24) is 0 Å². The van der Waals surface area contributed by atoms with E-state index in [-0.39, 0.29) is 5.91 Å². The van der Waals surface area contributed by atoms with Crippen LogP contribution in [0.2, 0.25) is 0 Å². The van der Waals surface area contributed by atoms with Crippen LogP contribution in [0.3, 0.4) is 0 Å². The van der Waals surface area contributed by atoms with Crippen molar-refractivity contribution in [2.24, 2.45) is 0 Å². The Labute approximate surface area is 142 Å². The number of benzene rings is 2. The van der Waals surface area contributed by atoms with Crippen molar-refractivity contribution in [3.63, 3.8) is 0 Å². The van der Waals surface area contributed by atoms with E-state index in [0.29, 0.717) is 17.8 Å². The number of amides is 1. The molecule has 1 amide bonds. The van der Waals surface area contributed by atoms with Crippen LogP contribution in [-0.4, -0.2) is 34.2 Å². The maximum absolute atomic E-state index is 12.9. The molecule has 0 spiro atoms. The van der Waals surface area contributed by atoms with Crippen LogP contribution in [0.4, 0.5) is 11.4 Å². The highest BCUT2D eigenvalue weighted by Gasteiger charge is 2.24. The molecular weight excluding hydrogens is 324 g/mol. The molecule has 2 aromatic rings. The highest BCUT2D eigenvalue weighted by molar-refractivity contribution is 7.92. The maximum Gasteiger partial charge on any atom is 0.258 e. The standard InChI is InChI=1S/C18H20N2O3S/c1-19(24(2,22)23)16-10-5-8-15(13-16)18(21)20-12-6-9-14-7-3-4-11-17(14)20/h3-5,7-8,10-11,13H,6,9,12H2,1-2H3. The fourth-order valence-corrected chi connectivity index (χ4v) is 3.42. The minimum absolute atomic E-state index is 0.106. The van der Waals surface area contributed by atoms with E-state index in [2.05, 4.69) is 0 Å². The zero-order valence-corrected chi connectivity index (χ0v) is 14.6. The Morgan fingerprint density at radius 2 is 1.88 bits per heavy atom. The van der Waals surface area contributed by atoms with E-state index in [4.69, 9.17) is 0 Å². The lowest BCUT2D eigenvalue weighted by Crippen LogP contribution is -2.35. The molecule has 0 saturated carbocycles. The summed E-state index contributed by atoms with van der Waals surface area (Å²) in [5, 5.41) is 0. The number of sulfonamides is 1. The molecule has 0 radical (unpaired) electrons. The number of fused-ring (bicyclic) bond motifs is 1. The van der Waals surface area contributed by atoms with Gasteiger partial charge in [-0.25, -0.2) is 8.42 Å². The zero-order valence-electron chi connectivity index (χ0n) is 13.8. The van der Waals surface area contributed by atoms with Crippen LogP contribution in [0.5, 0.6) is 0 Å². The summed E-state index contributed by atoms with van der Waals surface area (Å²) < 4.78 is 24.6. The van der Waals surface area contributed by atoms with E-state index in [0.717, 1.165) is 24.8 Å². The SMILES string of the molecule is CN(c1cccc(C(=O)N2CCCc3ccccc32)c1)S(C)(=O)=O. The summed E-state index contributed by atoms with van der Waals surface area (Å²) >= 11 is 0. The van der Waals surface area contributed by atoms with Crippen LogP contribution >= 0.6 is 0 Å². The predicted molar refractivity (Wildman–Crippen MR) is 96.1 cm³/mol. The first-order valence-electron chi connectivity index (χ1n) is 7.81. The summed E-state index contributed by atoms with van der Waals surface area (Å²) in [6.45, 7) is 0.669. The Bertz CT molecular complexity index is 877. The number of rotatable bonds is 3. The van der Waals surface area contributed by atoms with Gasteiger partial charge in [0.25, 0.3) is 5.91 Å². The van der Waals surface area contributed by atoms with Crippen LogP contribution in [0.1, 0.15) is 22.3 Å². The topological polar surface area (TPSA) is 57.7 Å². The van der Waals surface area contributed by atoms with Crippen LogP contribution in [0, 0.1) is 0 Å². The minimum atomic E-state index is -3.36. The first-order chi connectivity index (χ1) is 11.4. The highest BCUT2D eigenvalue weighted by Crippen LogP contribution is 2.28. The first-order valence-corrected chi connectivity index (χ1v) is 9.66.